The molecule has 0 fully saturated rings. The Morgan fingerprint density at radius 2 is 1.95 bits per heavy atom. The number of aliphatic imine (C=N–C) groups is 1. The molecule has 1 aromatic rings. The van der Waals surface area contributed by atoms with Crippen LogP contribution < -0.4 is 4.74 Å². The van der Waals surface area contributed by atoms with Crippen molar-refractivity contribution in [2.24, 2.45) is 4.99 Å². The molecule has 0 radical (unpaired) electrons. The van der Waals surface area contributed by atoms with Gasteiger partial charge in [-0.1, -0.05) is 32.9 Å². The summed E-state index contributed by atoms with van der Waals surface area (Å²) in [6.45, 7) is 11.3. The van der Waals surface area contributed by atoms with Crippen LogP contribution in [0.25, 0.3) is 0 Å². The van der Waals surface area contributed by atoms with E-state index < -0.39 is 0 Å². The zero-order chi connectivity index (χ0) is 14.3. The Hall–Kier alpha value is -1.51. The third-order valence-electron chi connectivity index (χ3n) is 3.23. The molecule has 0 amide bonds. The first-order valence-corrected chi connectivity index (χ1v) is 6.65. The first kappa shape index (κ1) is 13.9. The van der Waals surface area contributed by atoms with Gasteiger partial charge in [-0.15, -0.1) is 0 Å². The summed E-state index contributed by atoms with van der Waals surface area (Å²) in [6, 6.07) is 6.10. The van der Waals surface area contributed by atoms with Crippen LogP contribution >= 0.6 is 0 Å². The molecule has 0 unspecified atom stereocenters. The van der Waals surface area contributed by atoms with Crippen molar-refractivity contribution in [1.29, 1.82) is 0 Å². The van der Waals surface area contributed by atoms with Crippen LogP contribution in [0.15, 0.2) is 23.2 Å². The first-order chi connectivity index (χ1) is 8.74. The predicted molar refractivity (Wildman–Crippen MR) is 78.3 cm³/mol. The molecular formula is C16H23NO2. The van der Waals surface area contributed by atoms with Crippen LogP contribution in [0.4, 0.5) is 0 Å². The minimum atomic E-state index is -0.161. The maximum absolute atomic E-state index is 5.80. The van der Waals surface area contributed by atoms with Crippen molar-refractivity contribution in [3.8, 4) is 5.75 Å². The van der Waals surface area contributed by atoms with E-state index in [1.165, 1.54) is 5.56 Å². The predicted octanol–water partition coefficient (Wildman–Crippen LogP) is 3.55. The normalized spacial score (nSPS) is 17.9. The molecule has 3 heteroatoms. The lowest BCUT2D eigenvalue weighted by Crippen LogP contribution is -2.18. The number of hydrogen-bond acceptors (Lipinski definition) is 3. The summed E-state index contributed by atoms with van der Waals surface area (Å²) in [5, 5.41) is 0. The second-order valence-electron chi connectivity index (χ2n) is 6.65. The van der Waals surface area contributed by atoms with E-state index in [-0.39, 0.29) is 11.0 Å². The molecule has 0 atom stereocenters. The summed E-state index contributed by atoms with van der Waals surface area (Å²) in [4.78, 5) is 4.69. The summed E-state index contributed by atoms with van der Waals surface area (Å²) >= 11 is 0. The van der Waals surface area contributed by atoms with Gasteiger partial charge in [0.1, 0.15) is 12.4 Å². The molecule has 0 aliphatic carbocycles. The molecule has 0 saturated heterocycles. The Bertz CT molecular complexity index is 510. The first-order valence-electron chi connectivity index (χ1n) is 6.65. The van der Waals surface area contributed by atoms with Crippen LogP contribution in [0.3, 0.4) is 0 Å². The summed E-state index contributed by atoms with van der Waals surface area (Å²) in [5.41, 5.74) is 2.04. The standard InChI is InChI=1S/C16H23NO2/c1-15(2,3)11-8-7-9-12(18-6)13(11)14-17-16(4,5)10-19-14/h7-9H,10H2,1-6H3. The van der Waals surface area contributed by atoms with E-state index in [2.05, 4.69) is 45.7 Å². The monoisotopic (exact) mass is 261 g/mol. The van der Waals surface area contributed by atoms with E-state index in [0.717, 1.165) is 11.3 Å². The van der Waals surface area contributed by atoms with Gasteiger partial charge in [0.15, 0.2) is 0 Å². The third kappa shape index (κ3) is 2.75. The largest absolute Gasteiger partial charge is 0.496 e. The Balaban J connectivity index is 2.61. The topological polar surface area (TPSA) is 30.8 Å². The Morgan fingerprint density at radius 3 is 2.42 bits per heavy atom. The molecule has 19 heavy (non-hydrogen) atoms. The summed E-state index contributed by atoms with van der Waals surface area (Å²) in [7, 11) is 1.69. The van der Waals surface area contributed by atoms with E-state index >= 15 is 0 Å². The summed E-state index contributed by atoms with van der Waals surface area (Å²) < 4.78 is 11.3. The highest BCUT2D eigenvalue weighted by atomic mass is 16.5. The van der Waals surface area contributed by atoms with Crippen LogP contribution in [0.2, 0.25) is 0 Å². The van der Waals surface area contributed by atoms with E-state index in [9.17, 15) is 0 Å². The van der Waals surface area contributed by atoms with Crippen LogP contribution in [-0.4, -0.2) is 25.2 Å². The number of rotatable bonds is 2. The second-order valence-corrected chi connectivity index (χ2v) is 6.65. The van der Waals surface area contributed by atoms with Gasteiger partial charge < -0.3 is 9.47 Å². The fourth-order valence-electron chi connectivity index (χ4n) is 2.26. The molecule has 0 bridgehead atoms. The maximum Gasteiger partial charge on any atom is 0.220 e. The molecule has 1 aromatic carbocycles. The zero-order valence-electron chi connectivity index (χ0n) is 12.7. The number of nitrogens with zero attached hydrogens (tertiary/aromatic N) is 1. The average molecular weight is 261 g/mol. The van der Waals surface area contributed by atoms with Gasteiger partial charge >= 0.3 is 0 Å². The lowest BCUT2D eigenvalue weighted by molar-refractivity contribution is 0.278. The Morgan fingerprint density at radius 1 is 1.26 bits per heavy atom. The quantitative estimate of drug-likeness (QED) is 0.815. The van der Waals surface area contributed by atoms with Crippen LogP contribution in [-0.2, 0) is 10.2 Å². The van der Waals surface area contributed by atoms with E-state index in [0.29, 0.717) is 12.5 Å². The highest BCUT2D eigenvalue weighted by Crippen LogP contribution is 2.34. The van der Waals surface area contributed by atoms with Crippen molar-refractivity contribution in [1.82, 2.24) is 0 Å². The van der Waals surface area contributed by atoms with Gasteiger partial charge in [0.05, 0.1) is 18.2 Å². The van der Waals surface area contributed by atoms with Crippen LogP contribution in [0, 0.1) is 0 Å². The van der Waals surface area contributed by atoms with E-state index in [1.807, 2.05) is 12.1 Å². The van der Waals surface area contributed by atoms with Crippen LogP contribution in [0.1, 0.15) is 45.7 Å². The van der Waals surface area contributed by atoms with Gasteiger partial charge in [-0.3, -0.25) is 0 Å². The maximum atomic E-state index is 5.80. The molecule has 1 aliphatic rings. The SMILES string of the molecule is COc1cccc(C(C)(C)C)c1C1=NC(C)(C)CO1. The molecule has 0 aromatic heterocycles. The molecule has 1 heterocycles. The minimum Gasteiger partial charge on any atom is -0.496 e. The third-order valence-corrected chi connectivity index (χ3v) is 3.23. The molecule has 2 rings (SSSR count). The van der Waals surface area contributed by atoms with Crippen molar-refractivity contribution in [3.05, 3.63) is 29.3 Å². The zero-order valence-corrected chi connectivity index (χ0v) is 12.7. The highest BCUT2D eigenvalue weighted by Gasteiger charge is 2.32. The van der Waals surface area contributed by atoms with E-state index in [1.54, 1.807) is 7.11 Å². The van der Waals surface area contributed by atoms with Gasteiger partial charge in [0.2, 0.25) is 5.90 Å². The minimum absolute atomic E-state index is 0.0164. The fraction of sp³-hybridized carbons (Fsp3) is 0.562. The Kier molecular flexibility index (Phi) is 3.33. The van der Waals surface area contributed by atoms with Crippen molar-refractivity contribution in [2.75, 3.05) is 13.7 Å². The number of methoxy groups -OCH3 is 1. The molecule has 0 N–H and O–H groups in total. The number of hydrogen-bond donors (Lipinski definition) is 0. The molecule has 104 valence electrons. The molecular weight excluding hydrogens is 238 g/mol. The van der Waals surface area contributed by atoms with Gasteiger partial charge in [0.25, 0.3) is 0 Å². The van der Waals surface area contributed by atoms with Gasteiger partial charge in [-0.05, 0) is 30.9 Å². The van der Waals surface area contributed by atoms with E-state index in [4.69, 9.17) is 9.47 Å². The fourth-order valence-corrected chi connectivity index (χ4v) is 2.26. The summed E-state index contributed by atoms with van der Waals surface area (Å²) in [6.07, 6.45) is 0. The molecule has 0 saturated carbocycles. The van der Waals surface area contributed by atoms with Crippen molar-refractivity contribution < 1.29 is 9.47 Å². The Labute approximate surface area is 115 Å². The molecule has 3 nitrogen and oxygen atoms in total. The average Bonchev–Trinajstić information content (AvgIpc) is 2.67. The lowest BCUT2D eigenvalue weighted by atomic mass is 9.83. The van der Waals surface area contributed by atoms with Crippen molar-refractivity contribution >= 4 is 5.90 Å². The summed E-state index contributed by atoms with van der Waals surface area (Å²) in [5.74, 6) is 1.52. The van der Waals surface area contributed by atoms with Crippen LogP contribution in [0.5, 0.6) is 5.75 Å². The number of benzene rings is 1. The van der Waals surface area contributed by atoms with Gasteiger partial charge in [-0.2, -0.15) is 0 Å². The lowest BCUT2D eigenvalue weighted by Gasteiger charge is -2.24. The molecule has 1 aliphatic heterocycles. The smallest absolute Gasteiger partial charge is 0.220 e. The van der Waals surface area contributed by atoms with Gasteiger partial charge in [0, 0.05) is 0 Å². The number of ether oxygens (including phenoxy) is 2. The molecule has 0 spiro atoms. The van der Waals surface area contributed by atoms with Crippen molar-refractivity contribution in [3.63, 3.8) is 0 Å². The second kappa shape index (κ2) is 4.55. The van der Waals surface area contributed by atoms with Gasteiger partial charge in [-0.25, -0.2) is 4.99 Å². The van der Waals surface area contributed by atoms with Crippen molar-refractivity contribution in [2.45, 2.75) is 45.6 Å². The highest BCUT2D eigenvalue weighted by molar-refractivity contribution is 5.99.